The highest BCUT2D eigenvalue weighted by Gasteiger charge is 2.14. The fraction of sp³-hybridized carbons (Fsp3) is 0.250. The van der Waals surface area contributed by atoms with Gasteiger partial charge in [-0.15, -0.1) is 0 Å². The van der Waals surface area contributed by atoms with E-state index in [1.807, 2.05) is 12.1 Å². The van der Waals surface area contributed by atoms with Crippen molar-refractivity contribution in [2.75, 3.05) is 6.54 Å². The van der Waals surface area contributed by atoms with Crippen LogP contribution < -0.4 is 5.73 Å². The Morgan fingerprint density at radius 1 is 1.15 bits per heavy atom. The lowest BCUT2D eigenvalue weighted by molar-refractivity contribution is 0.748. The van der Waals surface area contributed by atoms with Gasteiger partial charge in [-0.05, 0) is 12.1 Å². The molecule has 2 heterocycles. The van der Waals surface area contributed by atoms with E-state index in [1.165, 1.54) is 0 Å². The molecular formula is C8H11N5. The second-order valence-electron chi connectivity index (χ2n) is 2.81. The summed E-state index contributed by atoms with van der Waals surface area (Å²) in [6.45, 7) is 0.532. The number of hydrogen-bond acceptors (Lipinski definition) is 3. The summed E-state index contributed by atoms with van der Waals surface area (Å²) < 4.78 is 0. The molecule has 2 aromatic rings. The predicted molar refractivity (Wildman–Crippen MR) is 48.1 cm³/mol. The third-order valence-electron chi connectivity index (χ3n) is 2.03. The molecule has 0 amide bonds. The van der Waals surface area contributed by atoms with Crippen molar-refractivity contribution in [3.8, 4) is 0 Å². The summed E-state index contributed by atoms with van der Waals surface area (Å²) in [5.74, 6) is 0.130. The van der Waals surface area contributed by atoms with Crippen LogP contribution in [0.2, 0.25) is 0 Å². The molecule has 0 aliphatic heterocycles. The SMILES string of the molecule is NCC(c1ccn[nH]1)c1ccn[nH]1. The van der Waals surface area contributed by atoms with Crippen LogP contribution >= 0.6 is 0 Å². The molecule has 0 saturated carbocycles. The van der Waals surface area contributed by atoms with E-state index in [-0.39, 0.29) is 5.92 Å². The van der Waals surface area contributed by atoms with Crippen LogP contribution in [0, 0.1) is 0 Å². The van der Waals surface area contributed by atoms with Crippen molar-refractivity contribution in [3.05, 3.63) is 35.9 Å². The van der Waals surface area contributed by atoms with Gasteiger partial charge in [0.1, 0.15) is 0 Å². The van der Waals surface area contributed by atoms with Gasteiger partial charge in [-0.1, -0.05) is 0 Å². The molecule has 0 fully saturated rings. The normalized spacial score (nSPS) is 10.9. The van der Waals surface area contributed by atoms with Gasteiger partial charge in [0.2, 0.25) is 0 Å². The zero-order chi connectivity index (χ0) is 9.10. The Bertz CT molecular complexity index is 302. The average molecular weight is 177 g/mol. The van der Waals surface area contributed by atoms with Crippen LogP contribution in [0.4, 0.5) is 0 Å². The van der Waals surface area contributed by atoms with E-state index in [2.05, 4.69) is 20.4 Å². The van der Waals surface area contributed by atoms with Gasteiger partial charge in [0.15, 0.2) is 0 Å². The fourth-order valence-corrected chi connectivity index (χ4v) is 1.34. The summed E-state index contributed by atoms with van der Waals surface area (Å²) >= 11 is 0. The lowest BCUT2D eigenvalue weighted by atomic mass is 10.0. The van der Waals surface area contributed by atoms with Gasteiger partial charge in [0.05, 0.1) is 5.92 Å². The third-order valence-corrected chi connectivity index (χ3v) is 2.03. The third kappa shape index (κ3) is 1.46. The smallest absolute Gasteiger partial charge is 0.0547 e. The van der Waals surface area contributed by atoms with E-state index in [4.69, 9.17) is 5.73 Å². The summed E-state index contributed by atoms with van der Waals surface area (Å²) in [7, 11) is 0. The van der Waals surface area contributed by atoms with E-state index < -0.39 is 0 Å². The van der Waals surface area contributed by atoms with Crippen LogP contribution in [0.1, 0.15) is 17.3 Å². The first-order chi connectivity index (χ1) is 6.42. The van der Waals surface area contributed by atoms with Gasteiger partial charge < -0.3 is 5.73 Å². The standard InChI is InChI=1S/C8H11N5/c9-5-6(7-1-3-10-12-7)8-2-4-11-13-8/h1-4,6H,5,9H2,(H,10,12)(H,11,13). The van der Waals surface area contributed by atoms with Crippen LogP contribution in [0.5, 0.6) is 0 Å². The van der Waals surface area contributed by atoms with Gasteiger partial charge in [-0.3, -0.25) is 10.2 Å². The van der Waals surface area contributed by atoms with Crippen molar-refractivity contribution >= 4 is 0 Å². The quantitative estimate of drug-likeness (QED) is 0.627. The molecular weight excluding hydrogens is 166 g/mol. The van der Waals surface area contributed by atoms with Gasteiger partial charge in [0.25, 0.3) is 0 Å². The first-order valence-corrected chi connectivity index (χ1v) is 4.10. The molecule has 5 heteroatoms. The van der Waals surface area contributed by atoms with E-state index in [0.717, 1.165) is 11.4 Å². The number of hydrogen-bond donors (Lipinski definition) is 3. The maximum absolute atomic E-state index is 5.66. The van der Waals surface area contributed by atoms with E-state index in [0.29, 0.717) is 6.54 Å². The molecule has 5 nitrogen and oxygen atoms in total. The zero-order valence-corrected chi connectivity index (χ0v) is 7.07. The Balaban J connectivity index is 2.29. The van der Waals surface area contributed by atoms with Gasteiger partial charge in [-0.25, -0.2) is 0 Å². The highest BCUT2D eigenvalue weighted by Crippen LogP contribution is 2.18. The molecule has 2 rings (SSSR count). The molecule has 2 aromatic heterocycles. The van der Waals surface area contributed by atoms with Crippen molar-refractivity contribution < 1.29 is 0 Å². The number of nitrogens with one attached hydrogen (secondary N) is 2. The minimum atomic E-state index is 0.130. The molecule has 0 spiro atoms. The molecule has 68 valence electrons. The molecule has 0 saturated heterocycles. The van der Waals surface area contributed by atoms with Gasteiger partial charge in [0, 0.05) is 30.3 Å². The van der Waals surface area contributed by atoms with Crippen molar-refractivity contribution in [1.29, 1.82) is 0 Å². The molecule has 0 aliphatic rings. The average Bonchev–Trinajstić information content (AvgIpc) is 2.76. The molecule has 0 bridgehead atoms. The van der Waals surface area contributed by atoms with E-state index in [9.17, 15) is 0 Å². The van der Waals surface area contributed by atoms with Crippen molar-refractivity contribution in [2.45, 2.75) is 5.92 Å². The zero-order valence-electron chi connectivity index (χ0n) is 7.07. The predicted octanol–water partition coefficient (Wildman–Crippen LogP) is 0.223. The molecule has 0 atom stereocenters. The number of nitrogens with two attached hydrogens (primary N) is 1. The number of aromatic amines is 2. The maximum atomic E-state index is 5.66. The molecule has 0 aliphatic carbocycles. The van der Waals surface area contributed by atoms with Crippen LogP contribution in [-0.4, -0.2) is 26.9 Å². The Kier molecular flexibility index (Phi) is 2.09. The first-order valence-electron chi connectivity index (χ1n) is 4.10. The van der Waals surface area contributed by atoms with Gasteiger partial charge in [-0.2, -0.15) is 10.2 Å². The van der Waals surface area contributed by atoms with Crippen LogP contribution in [-0.2, 0) is 0 Å². The highest BCUT2D eigenvalue weighted by atomic mass is 15.1. The second kappa shape index (κ2) is 3.40. The van der Waals surface area contributed by atoms with Crippen molar-refractivity contribution in [2.24, 2.45) is 5.73 Å². The van der Waals surface area contributed by atoms with Crippen LogP contribution in [0.3, 0.4) is 0 Å². The van der Waals surface area contributed by atoms with E-state index in [1.54, 1.807) is 12.4 Å². The summed E-state index contributed by atoms with van der Waals surface area (Å²) in [6.07, 6.45) is 3.43. The number of H-pyrrole nitrogens is 2. The Morgan fingerprint density at radius 3 is 2.00 bits per heavy atom. The second-order valence-corrected chi connectivity index (χ2v) is 2.81. The topological polar surface area (TPSA) is 83.4 Å². The molecule has 4 N–H and O–H groups in total. The number of nitrogens with zero attached hydrogens (tertiary/aromatic N) is 2. The molecule has 13 heavy (non-hydrogen) atoms. The van der Waals surface area contributed by atoms with Gasteiger partial charge >= 0.3 is 0 Å². The lowest BCUT2D eigenvalue weighted by Gasteiger charge is -2.09. The number of aromatic nitrogens is 4. The molecule has 0 unspecified atom stereocenters. The van der Waals surface area contributed by atoms with E-state index >= 15 is 0 Å². The highest BCUT2D eigenvalue weighted by molar-refractivity contribution is 5.20. The molecule has 0 aromatic carbocycles. The minimum Gasteiger partial charge on any atom is -0.329 e. The maximum Gasteiger partial charge on any atom is 0.0547 e. The lowest BCUT2D eigenvalue weighted by Crippen LogP contribution is -2.14. The minimum absolute atomic E-state index is 0.130. The summed E-state index contributed by atoms with van der Waals surface area (Å²) in [5, 5.41) is 13.6. The van der Waals surface area contributed by atoms with Crippen LogP contribution in [0.25, 0.3) is 0 Å². The Labute approximate surface area is 75.4 Å². The Hall–Kier alpha value is -1.62. The fourth-order valence-electron chi connectivity index (χ4n) is 1.34. The van der Waals surface area contributed by atoms with Crippen molar-refractivity contribution in [1.82, 2.24) is 20.4 Å². The molecule has 0 radical (unpaired) electrons. The van der Waals surface area contributed by atoms with Crippen LogP contribution in [0.15, 0.2) is 24.5 Å². The number of rotatable bonds is 3. The Morgan fingerprint density at radius 2 is 1.69 bits per heavy atom. The summed E-state index contributed by atoms with van der Waals surface area (Å²) in [6, 6.07) is 3.83. The first kappa shape index (κ1) is 8.00. The monoisotopic (exact) mass is 177 g/mol. The summed E-state index contributed by atoms with van der Waals surface area (Å²) in [5.41, 5.74) is 7.67. The largest absolute Gasteiger partial charge is 0.329 e. The van der Waals surface area contributed by atoms with Crippen molar-refractivity contribution in [3.63, 3.8) is 0 Å². The summed E-state index contributed by atoms with van der Waals surface area (Å²) in [4.78, 5) is 0.